The van der Waals surface area contributed by atoms with Crippen LogP contribution in [0.1, 0.15) is 19.3 Å². The number of aliphatic imine (C=N–C) groups is 1. The summed E-state index contributed by atoms with van der Waals surface area (Å²) >= 11 is 0. The number of piperidine rings is 1. The van der Waals surface area contributed by atoms with Crippen LogP contribution >= 0.6 is 0 Å². The molecule has 1 fully saturated rings. The van der Waals surface area contributed by atoms with E-state index in [-0.39, 0.29) is 12.8 Å². The van der Waals surface area contributed by atoms with Gasteiger partial charge in [-0.15, -0.1) is 0 Å². The maximum atomic E-state index is 12.5. The molecule has 0 aromatic rings. The zero-order valence-corrected chi connectivity index (χ0v) is 11.0. The molecule has 1 aliphatic heterocycles. The normalized spacial score (nSPS) is 18.8. The third-order valence-electron chi connectivity index (χ3n) is 3.15. The van der Waals surface area contributed by atoms with Crippen LogP contribution in [-0.4, -0.2) is 50.4 Å². The molecule has 0 amide bonds. The maximum absolute atomic E-state index is 12.5. The first-order valence-corrected chi connectivity index (χ1v) is 6.30. The lowest BCUT2D eigenvalue weighted by atomic mass is 9.96. The molecule has 19 heavy (non-hydrogen) atoms. The SMILES string of the molecule is COCCCN=C(NN)N1CCC(C(F)(F)F)CC1. The molecule has 0 bridgehead atoms. The summed E-state index contributed by atoms with van der Waals surface area (Å²) in [6.45, 7) is 1.76. The second-order valence-corrected chi connectivity index (χ2v) is 4.50. The van der Waals surface area contributed by atoms with Gasteiger partial charge in [0.15, 0.2) is 0 Å². The fraction of sp³-hybridized carbons (Fsp3) is 0.909. The first-order chi connectivity index (χ1) is 8.99. The third kappa shape index (κ3) is 5.23. The lowest BCUT2D eigenvalue weighted by molar-refractivity contribution is -0.183. The zero-order valence-electron chi connectivity index (χ0n) is 11.0. The van der Waals surface area contributed by atoms with E-state index in [9.17, 15) is 13.2 Å². The Morgan fingerprint density at radius 1 is 1.42 bits per heavy atom. The van der Waals surface area contributed by atoms with E-state index < -0.39 is 12.1 Å². The van der Waals surface area contributed by atoms with Crippen LogP contribution in [0.5, 0.6) is 0 Å². The number of rotatable bonds is 4. The molecule has 1 aliphatic rings. The van der Waals surface area contributed by atoms with Crippen molar-refractivity contribution in [1.29, 1.82) is 0 Å². The van der Waals surface area contributed by atoms with Gasteiger partial charge in [0.2, 0.25) is 5.96 Å². The van der Waals surface area contributed by atoms with Crippen molar-refractivity contribution < 1.29 is 17.9 Å². The molecule has 0 spiro atoms. The topological polar surface area (TPSA) is 62.9 Å². The van der Waals surface area contributed by atoms with Crippen LogP contribution in [0.2, 0.25) is 0 Å². The standard InChI is InChI=1S/C11H21F3N4O/c1-19-8-2-5-16-10(17-15)18-6-3-9(4-7-18)11(12,13)14/h9H,2-8,15H2,1H3,(H,16,17). The highest BCUT2D eigenvalue weighted by Gasteiger charge is 2.41. The van der Waals surface area contributed by atoms with Gasteiger partial charge in [0.25, 0.3) is 0 Å². The number of hydrogen-bond acceptors (Lipinski definition) is 3. The average Bonchev–Trinajstić information content (AvgIpc) is 2.38. The summed E-state index contributed by atoms with van der Waals surface area (Å²) < 4.78 is 42.5. The largest absolute Gasteiger partial charge is 0.391 e. The summed E-state index contributed by atoms with van der Waals surface area (Å²) in [6.07, 6.45) is -3.18. The molecule has 1 heterocycles. The molecule has 5 nitrogen and oxygen atoms in total. The number of nitrogens with one attached hydrogen (secondary N) is 1. The number of nitrogens with zero attached hydrogens (tertiary/aromatic N) is 2. The van der Waals surface area contributed by atoms with Crippen molar-refractivity contribution in [3.05, 3.63) is 0 Å². The van der Waals surface area contributed by atoms with Crippen LogP contribution in [0.4, 0.5) is 13.2 Å². The molecule has 1 rings (SSSR count). The Bertz CT molecular complexity index is 288. The van der Waals surface area contributed by atoms with Crippen LogP contribution in [0.3, 0.4) is 0 Å². The molecule has 0 aliphatic carbocycles. The molecular weight excluding hydrogens is 261 g/mol. The maximum Gasteiger partial charge on any atom is 0.391 e. The minimum absolute atomic E-state index is 0.0856. The van der Waals surface area contributed by atoms with Crippen LogP contribution < -0.4 is 11.3 Å². The summed E-state index contributed by atoms with van der Waals surface area (Å²) in [6, 6.07) is 0. The minimum Gasteiger partial charge on any atom is -0.385 e. The third-order valence-corrected chi connectivity index (χ3v) is 3.15. The Kier molecular flexibility index (Phi) is 6.36. The van der Waals surface area contributed by atoms with Gasteiger partial charge in [-0.25, -0.2) is 5.84 Å². The Balaban J connectivity index is 2.43. The lowest BCUT2D eigenvalue weighted by Crippen LogP contribution is -2.49. The van der Waals surface area contributed by atoms with E-state index in [2.05, 4.69) is 10.4 Å². The Labute approximate surface area is 111 Å². The van der Waals surface area contributed by atoms with Gasteiger partial charge in [-0.05, 0) is 19.3 Å². The van der Waals surface area contributed by atoms with Crippen LogP contribution in [0, 0.1) is 5.92 Å². The van der Waals surface area contributed by atoms with Crippen molar-refractivity contribution in [3.63, 3.8) is 0 Å². The number of likely N-dealkylation sites (tertiary alicyclic amines) is 1. The van der Waals surface area contributed by atoms with Crippen molar-refractivity contribution in [2.24, 2.45) is 16.8 Å². The summed E-state index contributed by atoms with van der Waals surface area (Å²) in [5.74, 6) is 4.61. The molecule has 0 unspecified atom stereocenters. The molecule has 3 N–H and O–H groups in total. The predicted molar refractivity (Wildman–Crippen MR) is 66.5 cm³/mol. The Morgan fingerprint density at radius 2 is 2.05 bits per heavy atom. The summed E-state index contributed by atoms with van der Waals surface area (Å²) in [5, 5.41) is 0. The highest BCUT2D eigenvalue weighted by Crippen LogP contribution is 2.33. The van der Waals surface area contributed by atoms with Gasteiger partial charge in [-0.2, -0.15) is 13.2 Å². The molecule has 1 saturated heterocycles. The molecule has 112 valence electrons. The van der Waals surface area contributed by atoms with Gasteiger partial charge in [0.05, 0.1) is 5.92 Å². The number of alkyl halides is 3. The van der Waals surface area contributed by atoms with Crippen molar-refractivity contribution >= 4 is 5.96 Å². The monoisotopic (exact) mass is 282 g/mol. The van der Waals surface area contributed by atoms with E-state index in [4.69, 9.17) is 10.6 Å². The molecule has 8 heteroatoms. The molecule has 0 saturated carbocycles. The fourth-order valence-corrected chi connectivity index (χ4v) is 2.05. The number of nitrogens with two attached hydrogens (primary N) is 1. The minimum atomic E-state index is -4.10. The van der Waals surface area contributed by atoms with E-state index in [1.54, 1.807) is 12.0 Å². The second kappa shape index (κ2) is 7.54. The summed E-state index contributed by atoms with van der Waals surface area (Å²) in [4.78, 5) is 5.99. The molecule has 0 atom stereocenters. The van der Waals surface area contributed by atoms with Crippen LogP contribution in [-0.2, 0) is 4.74 Å². The highest BCUT2D eigenvalue weighted by molar-refractivity contribution is 5.79. The van der Waals surface area contributed by atoms with Gasteiger partial charge in [0.1, 0.15) is 0 Å². The summed E-state index contributed by atoms with van der Waals surface area (Å²) in [5.41, 5.74) is 2.46. The van der Waals surface area contributed by atoms with Crippen molar-refractivity contribution in [1.82, 2.24) is 10.3 Å². The first kappa shape index (κ1) is 16.0. The number of methoxy groups -OCH3 is 1. The van der Waals surface area contributed by atoms with Crippen molar-refractivity contribution in [2.75, 3.05) is 33.4 Å². The van der Waals surface area contributed by atoms with Crippen LogP contribution in [0.25, 0.3) is 0 Å². The van der Waals surface area contributed by atoms with Crippen molar-refractivity contribution in [2.45, 2.75) is 25.4 Å². The Hall–Kier alpha value is -1.02. The van der Waals surface area contributed by atoms with Gasteiger partial charge in [-0.3, -0.25) is 10.4 Å². The number of ether oxygens (including phenoxy) is 1. The van der Waals surface area contributed by atoms with E-state index in [1.807, 2.05) is 0 Å². The van der Waals surface area contributed by atoms with Gasteiger partial charge >= 0.3 is 6.18 Å². The smallest absolute Gasteiger partial charge is 0.385 e. The van der Waals surface area contributed by atoms with E-state index in [0.29, 0.717) is 32.2 Å². The number of hydrogen-bond donors (Lipinski definition) is 2. The average molecular weight is 282 g/mol. The first-order valence-electron chi connectivity index (χ1n) is 6.30. The number of halogens is 3. The molecular formula is C11H21F3N4O. The van der Waals surface area contributed by atoms with Crippen LogP contribution in [0.15, 0.2) is 4.99 Å². The van der Waals surface area contributed by atoms with E-state index >= 15 is 0 Å². The number of hydrazine groups is 1. The van der Waals surface area contributed by atoms with Gasteiger partial charge in [-0.1, -0.05) is 0 Å². The fourth-order valence-electron chi connectivity index (χ4n) is 2.05. The van der Waals surface area contributed by atoms with Crippen molar-refractivity contribution in [3.8, 4) is 0 Å². The lowest BCUT2D eigenvalue weighted by Gasteiger charge is -2.34. The quantitative estimate of drug-likeness (QED) is 0.267. The summed E-state index contributed by atoms with van der Waals surface area (Å²) in [7, 11) is 1.60. The van der Waals surface area contributed by atoms with E-state index in [1.165, 1.54) is 0 Å². The predicted octanol–water partition coefficient (Wildman–Crippen LogP) is 1.12. The molecule has 0 aromatic heterocycles. The molecule has 0 radical (unpaired) electrons. The number of guanidine groups is 1. The Morgan fingerprint density at radius 3 is 2.53 bits per heavy atom. The van der Waals surface area contributed by atoms with Gasteiger partial charge < -0.3 is 9.64 Å². The zero-order chi connectivity index (χ0) is 14.3. The van der Waals surface area contributed by atoms with Gasteiger partial charge in [0, 0.05) is 33.4 Å². The van der Waals surface area contributed by atoms with E-state index in [0.717, 1.165) is 6.42 Å². The second-order valence-electron chi connectivity index (χ2n) is 4.50. The molecule has 0 aromatic carbocycles. The highest BCUT2D eigenvalue weighted by atomic mass is 19.4.